The van der Waals surface area contributed by atoms with E-state index in [9.17, 15) is 28.4 Å². The third-order valence-corrected chi connectivity index (χ3v) is 8.04. The summed E-state index contributed by atoms with van der Waals surface area (Å²) < 4.78 is 26.0. The van der Waals surface area contributed by atoms with Crippen LogP contribution in [0.1, 0.15) is 12.8 Å². The molecule has 0 radical (unpaired) electrons. The van der Waals surface area contributed by atoms with E-state index in [1.165, 1.54) is 23.1 Å². The molecule has 1 aliphatic carbocycles. The quantitative estimate of drug-likeness (QED) is 0.709. The fourth-order valence-corrected chi connectivity index (χ4v) is 6.09. The molecule has 1 saturated heterocycles. The van der Waals surface area contributed by atoms with Crippen molar-refractivity contribution in [3.8, 4) is 6.07 Å². The van der Waals surface area contributed by atoms with Gasteiger partial charge in [0.1, 0.15) is 6.04 Å². The number of nitrogens with two attached hydrogens (primary N) is 1. The van der Waals surface area contributed by atoms with E-state index in [0.29, 0.717) is 0 Å². The van der Waals surface area contributed by atoms with Crippen LogP contribution >= 0.6 is 23.2 Å². The number of amides is 1. The average molecular weight is 432 g/mol. The molecule has 2 aliphatic rings. The van der Waals surface area contributed by atoms with Crippen LogP contribution in [0, 0.1) is 16.7 Å². The maximum absolute atomic E-state index is 13.0. The molecule has 3 rings (SSSR count). The van der Waals surface area contributed by atoms with Gasteiger partial charge in [-0.05, 0) is 31.0 Å². The van der Waals surface area contributed by atoms with Gasteiger partial charge in [0.2, 0.25) is 5.91 Å². The second kappa shape index (κ2) is 6.63. The summed E-state index contributed by atoms with van der Waals surface area (Å²) in [6.07, 6.45) is -0.107. The molecular weight excluding hydrogens is 417 g/mol. The first-order valence-corrected chi connectivity index (χ1v) is 10.2. The molecule has 0 bridgehead atoms. The van der Waals surface area contributed by atoms with Gasteiger partial charge in [0, 0.05) is 17.6 Å². The van der Waals surface area contributed by atoms with Gasteiger partial charge in [-0.15, -0.1) is 0 Å². The summed E-state index contributed by atoms with van der Waals surface area (Å²) in [6.45, 7) is -0.139. The minimum Gasteiger partial charge on any atom is -0.480 e. The Hall–Kier alpha value is -1.86. The molecule has 1 amide bonds. The van der Waals surface area contributed by atoms with E-state index in [0.717, 1.165) is 0 Å². The number of aliphatic carboxylic acids is 1. The van der Waals surface area contributed by atoms with Crippen LogP contribution in [-0.2, 0) is 19.4 Å². The van der Waals surface area contributed by atoms with Crippen LogP contribution in [0.3, 0.4) is 0 Å². The number of likely N-dealkylation sites (tertiary alicyclic amines) is 1. The monoisotopic (exact) mass is 431 g/mol. The van der Waals surface area contributed by atoms with Crippen LogP contribution in [-0.4, -0.2) is 54.2 Å². The van der Waals surface area contributed by atoms with Crippen LogP contribution in [0.2, 0.25) is 10.0 Å². The lowest BCUT2D eigenvalue weighted by atomic mass is 10.1. The second-order valence-corrected chi connectivity index (χ2v) is 9.74. The minimum absolute atomic E-state index is 0.0530. The molecule has 0 aromatic heterocycles. The third kappa shape index (κ3) is 3.17. The molecule has 1 aromatic rings. The van der Waals surface area contributed by atoms with E-state index >= 15 is 0 Å². The highest BCUT2D eigenvalue weighted by molar-refractivity contribution is 7.92. The summed E-state index contributed by atoms with van der Waals surface area (Å²) in [5, 5.41) is 17.9. The number of carbonyl (C=O) groups is 2. The maximum Gasteiger partial charge on any atom is 0.320 e. The molecule has 4 atom stereocenters. The molecule has 3 N–H and O–H groups in total. The zero-order valence-corrected chi connectivity index (χ0v) is 16.1. The zero-order chi connectivity index (χ0) is 20.1. The van der Waals surface area contributed by atoms with Crippen molar-refractivity contribution in [1.29, 1.82) is 5.26 Å². The van der Waals surface area contributed by atoms with E-state index in [2.05, 4.69) is 0 Å². The summed E-state index contributed by atoms with van der Waals surface area (Å²) in [6, 6.07) is 3.94. The van der Waals surface area contributed by atoms with Crippen molar-refractivity contribution < 1.29 is 23.1 Å². The number of nitrogens with zero attached hydrogens (tertiary/aromatic N) is 2. The third-order valence-electron chi connectivity index (χ3n) is 5.19. The predicted octanol–water partition coefficient (Wildman–Crippen LogP) is 1.06. The predicted molar refractivity (Wildman–Crippen MR) is 95.8 cm³/mol. The van der Waals surface area contributed by atoms with Gasteiger partial charge in [0.05, 0.1) is 21.2 Å². The highest BCUT2D eigenvalue weighted by Crippen LogP contribution is 2.51. The highest BCUT2D eigenvalue weighted by atomic mass is 35.5. The molecule has 1 aliphatic heterocycles. The Morgan fingerprint density at radius 3 is 2.52 bits per heavy atom. The number of hydrogen-bond donors (Lipinski definition) is 2. The van der Waals surface area contributed by atoms with E-state index in [1.807, 2.05) is 6.07 Å². The minimum atomic E-state index is -3.95. The lowest BCUT2D eigenvalue weighted by molar-refractivity contribution is -0.142. The van der Waals surface area contributed by atoms with Gasteiger partial charge in [0.15, 0.2) is 15.3 Å². The van der Waals surface area contributed by atoms with E-state index in [-0.39, 0.29) is 34.3 Å². The highest BCUT2D eigenvalue weighted by Gasteiger charge is 2.66. The standard InChI is InChI=1S/C16H15Cl2N3O5S/c17-8-1-2-12(10(18)3-8)27(25,26)9-4-11(14(22)23)21(6-9)13-5-16(13,7-19)15(20)24/h1-3,9,11,13H,4-6H2,(H2,20,24)(H,22,23)/t9-,11+,13?,16?/m1/s1. The van der Waals surface area contributed by atoms with Gasteiger partial charge in [-0.25, -0.2) is 8.42 Å². The Morgan fingerprint density at radius 1 is 1.37 bits per heavy atom. The fourth-order valence-electron chi connectivity index (χ4n) is 3.61. The number of rotatable bonds is 5. The molecule has 1 aromatic carbocycles. The van der Waals surface area contributed by atoms with Crippen LogP contribution in [0.5, 0.6) is 0 Å². The number of nitriles is 1. The topological polar surface area (TPSA) is 142 Å². The zero-order valence-electron chi connectivity index (χ0n) is 13.8. The van der Waals surface area contributed by atoms with Crippen molar-refractivity contribution in [2.24, 2.45) is 11.1 Å². The SMILES string of the molecule is N#CC1(C(N)=O)CC1N1C[C@H](S(=O)(=O)c2ccc(Cl)cc2Cl)C[C@H]1C(=O)O. The molecule has 2 unspecified atom stereocenters. The number of halogens is 2. The molecule has 0 spiro atoms. The summed E-state index contributed by atoms with van der Waals surface area (Å²) in [4.78, 5) is 24.5. The van der Waals surface area contributed by atoms with Crippen LogP contribution < -0.4 is 5.73 Å². The first-order valence-electron chi connectivity index (χ1n) is 7.93. The lowest BCUT2D eigenvalue weighted by Crippen LogP contribution is -2.42. The van der Waals surface area contributed by atoms with Gasteiger partial charge >= 0.3 is 5.97 Å². The van der Waals surface area contributed by atoms with E-state index in [4.69, 9.17) is 28.9 Å². The molecule has 2 fully saturated rings. The van der Waals surface area contributed by atoms with Crippen molar-refractivity contribution in [2.45, 2.75) is 35.1 Å². The Bertz CT molecular complexity index is 977. The second-order valence-electron chi connectivity index (χ2n) is 6.70. The molecule has 1 saturated carbocycles. The first-order chi connectivity index (χ1) is 12.5. The lowest BCUT2D eigenvalue weighted by Gasteiger charge is -2.22. The summed E-state index contributed by atoms with van der Waals surface area (Å²) in [7, 11) is -3.95. The number of hydrogen-bond acceptors (Lipinski definition) is 6. The largest absolute Gasteiger partial charge is 0.480 e. The van der Waals surface area contributed by atoms with Crippen LogP contribution in [0.4, 0.5) is 0 Å². The summed E-state index contributed by atoms with van der Waals surface area (Å²) >= 11 is 11.8. The Labute approximate surface area is 165 Å². The summed E-state index contributed by atoms with van der Waals surface area (Å²) in [5.74, 6) is -2.07. The Morgan fingerprint density at radius 2 is 2.04 bits per heavy atom. The fraction of sp³-hybridized carbons (Fsp3) is 0.438. The molecule has 144 valence electrons. The number of sulfone groups is 1. The van der Waals surface area contributed by atoms with E-state index < -0.39 is 44.5 Å². The average Bonchev–Trinajstić information content (AvgIpc) is 3.15. The van der Waals surface area contributed by atoms with Crippen molar-refractivity contribution in [3.63, 3.8) is 0 Å². The van der Waals surface area contributed by atoms with Gasteiger partial charge in [-0.1, -0.05) is 23.2 Å². The van der Waals surface area contributed by atoms with Gasteiger partial charge in [-0.3, -0.25) is 14.5 Å². The first kappa shape index (κ1) is 19.9. The van der Waals surface area contributed by atoms with Crippen LogP contribution in [0.15, 0.2) is 23.1 Å². The smallest absolute Gasteiger partial charge is 0.320 e. The molecule has 11 heteroatoms. The van der Waals surface area contributed by atoms with Gasteiger partial charge < -0.3 is 10.8 Å². The molecule has 8 nitrogen and oxygen atoms in total. The normalized spacial score (nSPS) is 30.6. The summed E-state index contributed by atoms with van der Waals surface area (Å²) in [5.41, 5.74) is 3.80. The van der Waals surface area contributed by atoms with Gasteiger partial charge in [0.25, 0.3) is 0 Å². The Kier molecular flexibility index (Phi) is 4.89. The molecular formula is C16H15Cl2N3O5S. The number of carboxylic acids is 1. The number of primary amides is 1. The van der Waals surface area contributed by atoms with Crippen LogP contribution in [0.25, 0.3) is 0 Å². The van der Waals surface area contributed by atoms with Crippen molar-refractivity contribution in [3.05, 3.63) is 28.2 Å². The number of carboxylic acid groups (broad SMARTS) is 1. The van der Waals surface area contributed by atoms with Crippen molar-refractivity contribution in [1.82, 2.24) is 4.90 Å². The molecule has 1 heterocycles. The van der Waals surface area contributed by atoms with Crippen molar-refractivity contribution >= 4 is 44.9 Å². The Balaban J connectivity index is 1.93. The number of benzene rings is 1. The van der Waals surface area contributed by atoms with E-state index in [1.54, 1.807) is 0 Å². The van der Waals surface area contributed by atoms with Gasteiger partial charge in [-0.2, -0.15) is 5.26 Å². The van der Waals surface area contributed by atoms with Crippen molar-refractivity contribution in [2.75, 3.05) is 6.54 Å². The number of carbonyl (C=O) groups excluding carboxylic acids is 1. The maximum atomic E-state index is 13.0. The molecule has 27 heavy (non-hydrogen) atoms.